The van der Waals surface area contributed by atoms with Gasteiger partial charge in [0.15, 0.2) is 0 Å². The van der Waals surface area contributed by atoms with Crippen LogP contribution in [0.25, 0.3) is 0 Å². The van der Waals surface area contributed by atoms with Crippen LogP contribution in [0.1, 0.15) is 10.4 Å². The lowest BCUT2D eigenvalue weighted by molar-refractivity contribution is -0.274. The molecule has 1 aromatic carbocycles. The number of halogens is 3. The van der Waals surface area contributed by atoms with E-state index in [1.165, 1.54) is 26.8 Å². The average molecular weight is 415 g/mol. The molecule has 3 amide bonds. The van der Waals surface area contributed by atoms with Gasteiger partial charge in [-0.3, -0.25) is 14.4 Å². The molecule has 0 atom stereocenters. The van der Waals surface area contributed by atoms with Crippen LogP contribution in [-0.4, -0.2) is 91.3 Å². The van der Waals surface area contributed by atoms with Crippen LogP contribution in [0, 0.1) is 0 Å². The third-order valence-electron chi connectivity index (χ3n) is 4.67. The Bertz CT molecular complexity index is 755. The molecular weight excluding hydrogens is 395 g/mol. The lowest BCUT2D eigenvalue weighted by atomic mass is 10.1. The van der Waals surface area contributed by atoms with Crippen LogP contribution in [0.15, 0.2) is 24.3 Å². The average Bonchev–Trinajstić information content (AvgIpc) is 2.72. The SMILES string of the molecule is O=C(C(=O)N1CCN(C(=O)c2ccc(OC(F)(F)F)cc2)CC1)N1CCOCC1. The quantitative estimate of drug-likeness (QED) is 0.666. The summed E-state index contributed by atoms with van der Waals surface area (Å²) in [7, 11) is 0. The van der Waals surface area contributed by atoms with Crippen LogP contribution in [0.5, 0.6) is 5.75 Å². The second-order valence-corrected chi connectivity index (χ2v) is 6.56. The fraction of sp³-hybridized carbons (Fsp3) is 0.500. The van der Waals surface area contributed by atoms with Gasteiger partial charge in [-0.15, -0.1) is 13.2 Å². The Morgan fingerprint density at radius 1 is 0.793 bits per heavy atom. The third-order valence-corrected chi connectivity index (χ3v) is 4.67. The molecule has 2 aliphatic rings. The van der Waals surface area contributed by atoms with E-state index in [4.69, 9.17) is 4.74 Å². The molecule has 0 aromatic heterocycles. The predicted molar refractivity (Wildman–Crippen MR) is 93.0 cm³/mol. The highest BCUT2D eigenvalue weighted by molar-refractivity contribution is 6.34. The summed E-state index contributed by atoms with van der Waals surface area (Å²) in [5, 5.41) is 0. The number of benzene rings is 1. The van der Waals surface area contributed by atoms with Crippen LogP contribution < -0.4 is 4.74 Å². The van der Waals surface area contributed by atoms with E-state index in [1.807, 2.05) is 0 Å². The topological polar surface area (TPSA) is 79.4 Å². The van der Waals surface area contributed by atoms with Gasteiger partial charge in [-0.1, -0.05) is 0 Å². The lowest BCUT2D eigenvalue weighted by Gasteiger charge is -2.35. The van der Waals surface area contributed by atoms with Gasteiger partial charge in [0.2, 0.25) is 0 Å². The van der Waals surface area contributed by atoms with Gasteiger partial charge in [0.1, 0.15) is 5.75 Å². The highest BCUT2D eigenvalue weighted by Crippen LogP contribution is 2.23. The second-order valence-electron chi connectivity index (χ2n) is 6.56. The van der Waals surface area contributed by atoms with Gasteiger partial charge >= 0.3 is 18.2 Å². The number of rotatable bonds is 2. The highest BCUT2D eigenvalue weighted by atomic mass is 19.4. The molecule has 3 rings (SSSR count). The molecular formula is C18H20F3N3O5. The van der Waals surface area contributed by atoms with Crippen molar-refractivity contribution in [2.75, 3.05) is 52.5 Å². The lowest BCUT2D eigenvalue weighted by Crippen LogP contribution is -2.55. The van der Waals surface area contributed by atoms with Crippen molar-refractivity contribution in [2.24, 2.45) is 0 Å². The monoisotopic (exact) mass is 415 g/mol. The van der Waals surface area contributed by atoms with E-state index in [9.17, 15) is 27.6 Å². The molecule has 0 radical (unpaired) electrons. The fourth-order valence-electron chi connectivity index (χ4n) is 3.13. The van der Waals surface area contributed by atoms with Gasteiger partial charge in [0.25, 0.3) is 5.91 Å². The Kier molecular flexibility index (Phi) is 6.26. The summed E-state index contributed by atoms with van der Waals surface area (Å²) >= 11 is 0. The summed E-state index contributed by atoms with van der Waals surface area (Å²) in [6, 6.07) is 4.65. The number of alkyl halides is 3. The van der Waals surface area contributed by atoms with Crippen molar-refractivity contribution in [1.82, 2.24) is 14.7 Å². The minimum absolute atomic E-state index is 0.204. The smallest absolute Gasteiger partial charge is 0.406 e. The molecule has 0 spiro atoms. The van der Waals surface area contributed by atoms with Crippen LogP contribution in [0.4, 0.5) is 13.2 Å². The molecule has 2 saturated heterocycles. The number of hydrogen-bond donors (Lipinski definition) is 0. The van der Waals surface area contributed by atoms with E-state index in [1.54, 1.807) is 0 Å². The first-order valence-corrected chi connectivity index (χ1v) is 9.05. The van der Waals surface area contributed by atoms with Gasteiger partial charge in [-0.25, -0.2) is 0 Å². The maximum atomic E-state index is 12.5. The molecule has 2 heterocycles. The highest BCUT2D eigenvalue weighted by Gasteiger charge is 2.32. The summed E-state index contributed by atoms with van der Waals surface area (Å²) in [5.74, 6) is -1.96. The van der Waals surface area contributed by atoms with Gasteiger partial charge in [0.05, 0.1) is 13.2 Å². The van der Waals surface area contributed by atoms with Gasteiger partial charge in [-0.05, 0) is 24.3 Å². The van der Waals surface area contributed by atoms with Crippen LogP contribution >= 0.6 is 0 Å². The van der Waals surface area contributed by atoms with Crippen molar-refractivity contribution in [3.05, 3.63) is 29.8 Å². The maximum absolute atomic E-state index is 12.5. The molecule has 2 fully saturated rings. The van der Waals surface area contributed by atoms with Crippen molar-refractivity contribution in [1.29, 1.82) is 0 Å². The van der Waals surface area contributed by atoms with Crippen molar-refractivity contribution in [2.45, 2.75) is 6.36 Å². The molecule has 0 bridgehead atoms. The number of ether oxygens (including phenoxy) is 2. The minimum Gasteiger partial charge on any atom is -0.406 e. The maximum Gasteiger partial charge on any atom is 0.573 e. The third kappa shape index (κ3) is 5.37. The summed E-state index contributed by atoms with van der Waals surface area (Å²) in [5.41, 5.74) is 0.212. The number of amides is 3. The first kappa shape index (κ1) is 20.9. The summed E-state index contributed by atoms with van der Waals surface area (Å²) < 4.78 is 45.6. The summed E-state index contributed by atoms with van der Waals surface area (Å²) in [6.07, 6.45) is -4.80. The Morgan fingerprint density at radius 2 is 1.28 bits per heavy atom. The molecule has 11 heteroatoms. The predicted octanol–water partition coefficient (Wildman–Crippen LogP) is 0.728. The number of carbonyl (C=O) groups excluding carboxylic acids is 3. The molecule has 0 N–H and O–H groups in total. The molecule has 29 heavy (non-hydrogen) atoms. The second kappa shape index (κ2) is 8.68. The van der Waals surface area contributed by atoms with Crippen molar-refractivity contribution in [3.8, 4) is 5.75 Å². The molecule has 158 valence electrons. The van der Waals surface area contributed by atoms with E-state index in [2.05, 4.69) is 4.74 Å². The number of morpholine rings is 1. The van der Waals surface area contributed by atoms with E-state index in [0.717, 1.165) is 12.1 Å². The van der Waals surface area contributed by atoms with Crippen LogP contribution in [0.3, 0.4) is 0 Å². The molecule has 8 nitrogen and oxygen atoms in total. The Balaban J connectivity index is 1.52. The number of hydrogen-bond acceptors (Lipinski definition) is 5. The van der Waals surface area contributed by atoms with E-state index in [0.29, 0.717) is 26.3 Å². The molecule has 1 aromatic rings. The first-order valence-electron chi connectivity index (χ1n) is 9.05. The zero-order valence-electron chi connectivity index (χ0n) is 15.5. The first-order chi connectivity index (χ1) is 13.7. The van der Waals surface area contributed by atoms with Crippen molar-refractivity contribution in [3.63, 3.8) is 0 Å². The Morgan fingerprint density at radius 3 is 1.79 bits per heavy atom. The Hall–Kier alpha value is -2.82. The van der Waals surface area contributed by atoms with Gasteiger partial charge < -0.3 is 24.2 Å². The minimum atomic E-state index is -4.80. The van der Waals surface area contributed by atoms with E-state index >= 15 is 0 Å². The van der Waals surface area contributed by atoms with Crippen LogP contribution in [0.2, 0.25) is 0 Å². The summed E-state index contributed by atoms with van der Waals surface area (Å²) in [4.78, 5) is 41.5. The molecule has 0 saturated carbocycles. The molecule has 0 unspecified atom stereocenters. The van der Waals surface area contributed by atoms with Gasteiger partial charge in [0, 0.05) is 44.8 Å². The zero-order valence-corrected chi connectivity index (χ0v) is 15.5. The van der Waals surface area contributed by atoms with E-state index < -0.39 is 23.9 Å². The standard InChI is InChI=1S/C18H20F3N3O5/c19-18(20,21)29-14-3-1-13(2-4-14)15(25)22-5-7-23(8-6-22)16(26)17(27)24-9-11-28-12-10-24/h1-4H,5-12H2. The van der Waals surface area contributed by atoms with Crippen molar-refractivity contribution >= 4 is 17.7 Å². The number of carbonyl (C=O) groups is 3. The zero-order chi connectivity index (χ0) is 21.0. The number of piperazine rings is 1. The van der Waals surface area contributed by atoms with E-state index in [-0.39, 0.29) is 37.6 Å². The Labute approximate surface area is 164 Å². The normalized spacial score (nSPS) is 17.8. The van der Waals surface area contributed by atoms with Crippen molar-refractivity contribution < 1.29 is 37.0 Å². The largest absolute Gasteiger partial charge is 0.573 e. The van der Waals surface area contributed by atoms with Crippen LogP contribution in [-0.2, 0) is 14.3 Å². The molecule has 2 aliphatic heterocycles. The number of nitrogens with zero attached hydrogens (tertiary/aromatic N) is 3. The molecule has 0 aliphatic carbocycles. The summed E-state index contributed by atoms with van der Waals surface area (Å²) in [6.45, 7) is 2.39. The van der Waals surface area contributed by atoms with Gasteiger partial charge in [-0.2, -0.15) is 0 Å². The fourth-order valence-corrected chi connectivity index (χ4v) is 3.13.